The lowest BCUT2D eigenvalue weighted by Crippen LogP contribution is -2.34. The summed E-state index contributed by atoms with van der Waals surface area (Å²) in [5.74, 6) is -3.18. The molecule has 0 saturated heterocycles. The molecule has 4 nitrogen and oxygen atoms in total. The zero-order valence-electron chi connectivity index (χ0n) is 14.0. The van der Waals surface area contributed by atoms with Crippen molar-refractivity contribution in [3.8, 4) is 0 Å². The number of halogens is 3. The molecule has 0 aromatic carbocycles. The molecule has 1 unspecified atom stereocenters. The number of hydrogen-bond donors (Lipinski definition) is 0. The number of ether oxygens (including phenoxy) is 2. The Labute approximate surface area is 129 Å². The van der Waals surface area contributed by atoms with Gasteiger partial charge in [0.2, 0.25) is 0 Å². The first kappa shape index (κ1) is 20.7. The van der Waals surface area contributed by atoms with Crippen LogP contribution in [-0.2, 0) is 19.1 Å². The second-order valence-electron chi connectivity index (χ2n) is 7.48. The van der Waals surface area contributed by atoms with Crippen LogP contribution >= 0.6 is 0 Å². The van der Waals surface area contributed by atoms with Gasteiger partial charge in [0, 0.05) is 0 Å². The van der Waals surface area contributed by atoms with Crippen molar-refractivity contribution in [1.29, 1.82) is 0 Å². The molecule has 0 bridgehead atoms. The van der Waals surface area contributed by atoms with E-state index in [1.807, 2.05) is 41.5 Å². The predicted octanol–water partition coefficient (Wildman–Crippen LogP) is 3.73. The molecular formula is C15H25F3O4. The summed E-state index contributed by atoms with van der Waals surface area (Å²) >= 11 is 0. The lowest BCUT2D eigenvalue weighted by Gasteiger charge is -2.33. The van der Waals surface area contributed by atoms with E-state index < -0.39 is 37.2 Å². The molecule has 0 aromatic rings. The predicted molar refractivity (Wildman–Crippen MR) is 75.0 cm³/mol. The van der Waals surface area contributed by atoms with E-state index in [0.717, 1.165) is 0 Å². The molecule has 0 fully saturated rings. The largest absolute Gasteiger partial charge is 0.490 e. The van der Waals surface area contributed by atoms with Crippen LogP contribution in [0.4, 0.5) is 13.2 Å². The maximum absolute atomic E-state index is 12.1. The highest BCUT2D eigenvalue weighted by molar-refractivity contribution is 5.75. The van der Waals surface area contributed by atoms with Gasteiger partial charge in [-0.05, 0) is 17.3 Å². The van der Waals surface area contributed by atoms with Crippen molar-refractivity contribution in [3.63, 3.8) is 0 Å². The van der Waals surface area contributed by atoms with Gasteiger partial charge in [-0.25, -0.2) is 4.79 Å². The van der Waals surface area contributed by atoms with Crippen molar-refractivity contribution >= 4 is 11.9 Å². The third kappa shape index (κ3) is 8.24. The number of alkyl halides is 3. The van der Waals surface area contributed by atoms with Crippen LogP contribution in [0.2, 0.25) is 0 Å². The second kappa shape index (κ2) is 7.33. The monoisotopic (exact) mass is 326 g/mol. The van der Waals surface area contributed by atoms with Crippen LogP contribution in [0.1, 0.15) is 48.0 Å². The van der Waals surface area contributed by atoms with Crippen molar-refractivity contribution in [1.82, 2.24) is 0 Å². The summed E-state index contributed by atoms with van der Waals surface area (Å²) in [5, 5.41) is 0. The third-order valence-electron chi connectivity index (χ3n) is 2.94. The molecule has 0 aliphatic carbocycles. The van der Waals surface area contributed by atoms with E-state index in [-0.39, 0.29) is 10.8 Å². The van der Waals surface area contributed by atoms with Crippen LogP contribution in [0, 0.1) is 16.7 Å². The Morgan fingerprint density at radius 3 is 1.73 bits per heavy atom. The van der Waals surface area contributed by atoms with Gasteiger partial charge in [-0.15, -0.1) is 0 Å². The number of rotatable bonds is 5. The first-order chi connectivity index (χ1) is 9.64. The molecule has 1 atom stereocenters. The van der Waals surface area contributed by atoms with E-state index in [0.29, 0.717) is 6.42 Å². The molecule has 0 N–H and O–H groups in total. The van der Waals surface area contributed by atoms with E-state index in [1.165, 1.54) is 0 Å². The van der Waals surface area contributed by atoms with Crippen LogP contribution in [0.5, 0.6) is 0 Å². The van der Waals surface area contributed by atoms with Crippen LogP contribution in [0.25, 0.3) is 0 Å². The summed E-state index contributed by atoms with van der Waals surface area (Å²) in [7, 11) is 0. The molecule has 0 saturated carbocycles. The third-order valence-corrected chi connectivity index (χ3v) is 2.94. The number of carbonyl (C=O) groups excluding carboxylic acids is 2. The van der Waals surface area contributed by atoms with Gasteiger partial charge in [-0.2, -0.15) is 13.2 Å². The Balaban J connectivity index is 4.46. The van der Waals surface area contributed by atoms with Gasteiger partial charge < -0.3 is 9.47 Å². The minimum Gasteiger partial charge on any atom is -0.462 e. The number of hydrogen-bond acceptors (Lipinski definition) is 4. The normalized spacial score (nSPS) is 14.4. The molecule has 0 spiro atoms. The van der Waals surface area contributed by atoms with Gasteiger partial charge in [0.1, 0.15) is 13.2 Å². The summed E-state index contributed by atoms with van der Waals surface area (Å²) in [4.78, 5) is 22.6. The lowest BCUT2D eigenvalue weighted by molar-refractivity contribution is -0.201. The van der Waals surface area contributed by atoms with E-state index >= 15 is 0 Å². The second-order valence-corrected chi connectivity index (χ2v) is 7.48. The summed E-state index contributed by atoms with van der Waals surface area (Å²) in [5.41, 5.74) is -0.438. The van der Waals surface area contributed by atoms with Gasteiger partial charge in [0.25, 0.3) is 0 Å². The zero-order valence-corrected chi connectivity index (χ0v) is 14.0. The molecule has 0 amide bonds. The fourth-order valence-corrected chi connectivity index (χ4v) is 1.81. The van der Waals surface area contributed by atoms with Gasteiger partial charge >= 0.3 is 18.1 Å². The average molecular weight is 326 g/mol. The van der Waals surface area contributed by atoms with Crippen molar-refractivity contribution in [3.05, 3.63) is 0 Å². The molecule has 0 aliphatic rings. The van der Waals surface area contributed by atoms with Crippen LogP contribution in [0.15, 0.2) is 0 Å². The first-order valence-electron chi connectivity index (χ1n) is 7.05. The molecular weight excluding hydrogens is 301 g/mol. The Morgan fingerprint density at radius 1 is 0.909 bits per heavy atom. The van der Waals surface area contributed by atoms with Gasteiger partial charge in [-0.1, -0.05) is 41.5 Å². The molecule has 0 radical (unpaired) electrons. The zero-order chi connectivity index (χ0) is 17.8. The van der Waals surface area contributed by atoms with Crippen LogP contribution < -0.4 is 0 Å². The lowest BCUT2D eigenvalue weighted by atomic mass is 9.72. The Bertz CT molecular complexity index is 389. The Morgan fingerprint density at radius 2 is 1.36 bits per heavy atom. The fraction of sp³-hybridized carbons (Fsp3) is 0.867. The molecule has 0 heterocycles. The summed E-state index contributed by atoms with van der Waals surface area (Å²) < 4.78 is 44.7. The smallest absolute Gasteiger partial charge is 0.462 e. The van der Waals surface area contributed by atoms with Crippen molar-refractivity contribution in [2.45, 2.75) is 54.1 Å². The standard InChI is InChI=1S/C15H25F3O4/c1-13(2,3)9-10(14(4,5)6)11(19)21-7-8-22-12(20)15(16,17)18/h10H,7-9H2,1-6H3. The minimum atomic E-state index is -5.04. The maximum atomic E-state index is 12.1. The fourth-order valence-electron chi connectivity index (χ4n) is 1.81. The Kier molecular flexibility index (Phi) is 6.91. The highest BCUT2D eigenvalue weighted by atomic mass is 19.4. The van der Waals surface area contributed by atoms with E-state index in [4.69, 9.17) is 4.74 Å². The van der Waals surface area contributed by atoms with Crippen LogP contribution in [0.3, 0.4) is 0 Å². The highest BCUT2D eigenvalue weighted by Crippen LogP contribution is 2.36. The molecule has 130 valence electrons. The van der Waals surface area contributed by atoms with Crippen molar-refractivity contribution in [2.24, 2.45) is 16.7 Å². The SMILES string of the molecule is CC(C)(C)CC(C(=O)OCCOC(=O)C(F)(F)F)C(C)(C)C. The summed E-state index contributed by atoms with van der Waals surface area (Å²) in [6.07, 6.45) is -4.46. The molecule has 0 rings (SSSR count). The van der Waals surface area contributed by atoms with Crippen LogP contribution in [-0.4, -0.2) is 31.3 Å². The first-order valence-corrected chi connectivity index (χ1v) is 7.05. The molecule has 22 heavy (non-hydrogen) atoms. The van der Waals surface area contributed by atoms with Crippen molar-refractivity contribution in [2.75, 3.05) is 13.2 Å². The maximum Gasteiger partial charge on any atom is 0.490 e. The Hall–Kier alpha value is -1.27. The molecule has 7 heteroatoms. The van der Waals surface area contributed by atoms with Gasteiger partial charge in [0.05, 0.1) is 5.92 Å². The topological polar surface area (TPSA) is 52.6 Å². The number of carbonyl (C=O) groups is 2. The van der Waals surface area contributed by atoms with Crippen molar-refractivity contribution < 1.29 is 32.2 Å². The van der Waals surface area contributed by atoms with E-state index in [1.54, 1.807) is 0 Å². The molecule has 0 aliphatic heterocycles. The molecule has 0 aromatic heterocycles. The van der Waals surface area contributed by atoms with Gasteiger partial charge in [-0.3, -0.25) is 4.79 Å². The summed E-state index contributed by atoms with van der Waals surface area (Å²) in [6.45, 7) is 10.7. The highest BCUT2D eigenvalue weighted by Gasteiger charge is 2.41. The van der Waals surface area contributed by atoms with E-state index in [2.05, 4.69) is 4.74 Å². The summed E-state index contributed by atoms with van der Waals surface area (Å²) in [6, 6.07) is 0. The minimum absolute atomic E-state index is 0.0975. The number of esters is 2. The average Bonchev–Trinajstić information content (AvgIpc) is 2.27. The van der Waals surface area contributed by atoms with E-state index in [9.17, 15) is 22.8 Å². The quantitative estimate of drug-likeness (QED) is 0.570. The van der Waals surface area contributed by atoms with Gasteiger partial charge in [0.15, 0.2) is 0 Å².